The normalized spacial score (nSPS) is 13.2. The van der Waals surface area contributed by atoms with Crippen molar-refractivity contribution in [2.24, 2.45) is 0 Å². The molecule has 0 bridgehead atoms. The summed E-state index contributed by atoms with van der Waals surface area (Å²) in [5, 5.41) is 25.9. The van der Waals surface area contributed by atoms with Crippen LogP contribution in [-0.2, 0) is 16.8 Å². The molecule has 212 valence electrons. The van der Waals surface area contributed by atoms with Crippen LogP contribution in [0.2, 0.25) is 0 Å². The van der Waals surface area contributed by atoms with E-state index in [1.165, 1.54) is 4.90 Å². The number of hydrogen-bond donors (Lipinski definition) is 3. The Labute approximate surface area is 240 Å². The van der Waals surface area contributed by atoms with Crippen molar-refractivity contribution < 1.29 is 19.8 Å². The van der Waals surface area contributed by atoms with Gasteiger partial charge in [0.05, 0.1) is 6.04 Å². The molecule has 0 spiro atoms. The van der Waals surface area contributed by atoms with Crippen molar-refractivity contribution >= 4 is 12.0 Å². The van der Waals surface area contributed by atoms with E-state index in [2.05, 4.69) is 15.3 Å². The molecule has 8 heteroatoms. The molecule has 0 aliphatic rings. The van der Waals surface area contributed by atoms with Crippen LogP contribution >= 0.6 is 0 Å². The summed E-state index contributed by atoms with van der Waals surface area (Å²) >= 11 is 0. The molecule has 4 aromatic rings. The van der Waals surface area contributed by atoms with Gasteiger partial charge >= 0.3 is 6.09 Å². The van der Waals surface area contributed by atoms with Gasteiger partial charge in [-0.25, -0.2) is 4.79 Å². The number of aromatic nitrogens is 2. The SMILES string of the molecule is CC(C)(C)N(C(=O)O)[C@H](CCc1ccccc1)C(=O)N[C@H](c1ccccc1)C(O)(c1cccnc1)c1cccnc1. The van der Waals surface area contributed by atoms with Crippen LogP contribution in [0.4, 0.5) is 4.79 Å². The van der Waals surface area contributed by atoms with Gasteiger partial charge in [-0.2, -0.15) is 0 Å². The number of benzene rings is 2. The molecule has 41 heavy (non-hydrogen) atoms. The van der Waals surface area contributed by atoms with Gasteiger partial charge in [0.1, 0.15) is 11.6 Å². The van der Waals surface area contributed by atoms with E-state index >= 15 is 0 Å². The van der Waals surface area contributed by atoms with Crippen molar-refractivity contribution in [2.45, 2.75) is 56.8 Å². The zero-order valence-electron chi connectivity index (χ0n) is 23.5. The van der Waals surface area contributed by atoms with E-state index in [4.69, 9.17) is 0 Å². The van der Waals surface area contributed by atoms with Crippen molar-refractivity contribution in [3.8, 4) is 0 Å². The second-order valence-corrected chi connectivity index (χ2v) is 11.0. The Kier molecular flexibility index (Phi) is 9.14. The number of amides is 2. The molecule has 0 saturated carbocycles. The van der Waals surface area contributed by atoms with Crippen LogP contribution < -0.4 is 5.32 Å². The van der Waals surface area contributed by atoms with Crippen LogP contribution in [0.1, 0.15) is 55.5 Å². The topological polar surface area (TPSA) is 116 Å². The number of carbonyl (C=O) groups excluding carboxylic acids is 1. The lowest BCUT2D eigenvalue weighted by atomic mass is 9.78. The van der Waals surface area contributed by atoms with Crippen LogP contribution in [0.25, 0.3) is 0 Å². The molecule has 0 saturated heterocycles. The number of nitrogens with zero attached hydrogens (tertiary/aromatic N) is 3. The van der Waals surface area contributed by atoms with Gasteiger partial charge in [-0.3, -0.25) is 19.7 Å². The van der Waals surface area contributed by atoms with Crippen molar-refractivity contribution in [3.05, 3.63) is 132 Å². The zero-order chi connectivity index (χ0) is 29.5. The maximum Gasteiger partial charge on any atom is 0.408 e. The molecule has 0 aliphatic carbocycles. The van der Waals surface area contributed by atoms with Crippen LogP contribution in [0.5, 0.6) is 0 Å². The fraction of sp³-hybridized carbons (Fsp3) is 0.273. The third kappa shape index (κ3) is 6.78. The monoisotopic (exact) mass is 552 g/mol. The third-order valence-electron chi connectivity index (χ3n) is 7.13. The Hall–Kier alpha value is -4.56. The predicted molar refractivity (Wildman–Crippen MR) is 157 cm³/mol. The lowest BCUT2D eigenvalue weighted by molar-refractivity contribution is -0.130. The molecule has 2 amide bonds. The third-order valence-corrected chi connectivity index (χ3v) is 7.13. The van der Waals surface area contributed by atoms with Crippen LogP contribution in [-0.4, -0.2) is 48.7 Å². The number of pyridine rings is 2. The summed E-state index contributed by atoms with van der Waals surface area (Å²) in [7, 11) is 0. The Morgan fingerprint density at radius 3 is 1.83 bits per heavy atom. The van der Waals surface area contributed by atoms with Crippen molar-refractivity contribution in [2.75, 3.05) is 0 Å². The van der Waals surface area contributed by atoms with Gasteiger partial charge in [0.15, 0.2) is 0 Å². The molecule has 3 N–H and O–H groups in total. The van der Waals surface area contributed by atoms with Gasteiger partial charge in [0.25, 0.3) is 0 Å². The number of rotatable bonds is 10. The van der Waals surface area contributed by atoms with Gasteiger partial charge in [0, 0.05) is 41.5 Å². The van der Waals surface area contributed by atoms with E-state index in [-0.39, 0.29) is 6.42 Å². The quantitative estimate of drug-likeness (QED) is 0.244. The molecule has 0 fully saturated rings. The number of hydrogen-bond acceptors (Lipinski definition) is 5. The van der Waals surface area contributed by atoms with Crippen molar-refractivity contribution in [3.63, 3.8) is 0 Å². The van der Waals surface area contributed by atoms with Gasteiger partial charge in [0.2, 0.25) is 5.91 Å². The maximum atomic E-state index is 14.3. The summed E-state index contributed by atoms with van der Waals surface area (Å²) in [6.45, 7) is 5.29. The summed E-state index contributed by atoms with van der Waals surface area (Å²) in [6.07, 6.45) is 5.87. The molecule has 8 nitrogen and oxygen atoms in total. The summed E-state index contributed by atoms with van der Waals surface area (Å²) in [4.78, 5) is 36.5. The standard InChI is InChI=1S/C33H36N4O4/c1-32(2,3)37(31(39)40)28(19-18-24-12-6-4-7-13-24)30(38)36-29(25-14-8-5-9-15-25)33(41,26-16-10-20-34-22-26)27-17-11-21-35-23-27/h4-17,20-23,28-29,41H,18-19H2,1-3H3,(H,36,38)(H,39,40)/t28-,29-/m1/s1. The Bertz CT molecular complexity index is 1370. The van der Waals surface area contributed by atoms with Gasteiger partial charge < -0.3 is 15.5 Å². The summed E-state index contributed by atoms with van der Waals surface area (Å²) in [5.74, 6) is -0.515. The molecule has 2 aromatic heterocycles. The molecule has 4 rings (SSSR count). The first-order valence-corrected chi connectivity index (χ1v) is 13.6. The molecular formula is C33H36N4O4. The van der Waals surface area contributed by atoms with E-state index in [9.17, 15) is 19.8 Å². The highest BCUT2D eigenvalue weighted by atomic mass is 16.4. The molecule has 0 aliphatic heterocycles. The first-order valence-electron chi connectivity index (χ1n) is 13.6. The van der Waals surface area contributed by atoms with Gasteiger partial charge in [-0.05, 0) is 56.9 Å². The largest absolute Gasteiger partial charge is 0.465 e. The van der Waals surface area contributed by atoms with E-state index in [1.54, 1.807) is 69.8 Å². The summed E-state index contributed by atoms with van der Waals surface area (Å²) in [6, 6.07) is 23.7. The first kappa shape index (κ1) is 29.4. The molecular weight excluding hydrogens is 516 g/mol. The fourth-order valence-electron chi connectivity index (χ4n) is 5.20. The first-order chi connectivity index (χ1) is 19.6. The maximum absolute atomic E-state index is 14.3. The van der Waals surface area contributed by atoms with Gasteiger partial charge in [-0.1, -0.05) is 72.8 Å². The van der Waals surface area contributed by atoms with E-state index < -0.39 is 35.2 Å². The van der Waals surface area contributed by atoms with Crippen molar-refractivity contribution in [1.29, 1.82) is 0 Å². The van der Waals surface area contributed by atoms with Crippen LogP contribution in [0.15, 0.2) is 110 Å². The Morgan fingerprint density at radius 1 is 0.829 bits per heavy atom. The molecule has 2 atom stereocenters. The second-order valence-electron chi connectivity index (χ2n) is 11.0. The highest BCUT2D eigenvalue weighted by Gasteiger charge is 2.45. The van der Waals surface area contributed by atoms with E-state index in [1.807, 2.05) is 60.7 Å². The minimum absolute atomic E-state index is 0.249. The molecule has 0 unspecified atom stereocenters. The predicted octanol–water partition coefficient (Wildman–Crippen LogP) is 5.35. The number of nitrogens with one attached hydrogen (secondary N) is 1. The van der Waals surface area contributed by atoms with E-state index in [0.29, 0.717) is 23.1 Å². The average Bonchev–Trinajstić information content (AvgIpc) is 2.98. The summed E-state index contributed by atoms with van der Waals surface area (Å²) in [5.41, 5.74) is -0.112. The molecule has 0 radical (unpaired) electrons. The zero-order valence-corrected chi connectivity index (χ0v) is 23.5. The average molecular weight is 553 g/mol. The summed E-state index contributed by atoms with van der Waals surface area (Å²) < 4.78 is 0. The minimum Gasteiger partial charge on any atom is -0.465 e. The number of aliphatic hydroxyl groups is 1. The highest BCUT2D eigenvalue weighted by molar-refractivity contribution is 5.86. The Morgan fingerprint density at radius 2 is 1.37 bits per heavy atom. The number of carbonyl (C=O) groups is 2. The van der Waals surface area contributed by atoms with E-state index in [0.717, 1.165) is 5.56 Å². The smallest absolute Gasteiger partial charge is 0.408 e. The second kappa shape index (κ2) is 12.7. The minimum atomic E-state index is -1.78. The highest BCUT2D eigenvalue weighted by Crippen LogP contribution is 2.41. The molecule has 2 heterocycles. The number of carboxylic acid groups (broad SMARTS) is 1. The van der Waals surface area contributed by atoms with Crippen LogP contribution in [0.3, 0.4) is 0 Å². The lowest BCUT2D eigenvalue weighted by Gasteiger charge is -2.42. The number of aryl methyl sites for hydroxylation is 1. The van der Waals surface area contributed by atoms with Crippen LogP contribution in [0, 0.1) is 0 Å². The van der Waals surface area contributed by atoms with Crippen molar-refractivity contribution in [1.82, 2.24) is 20.2 Å². The van der Waals surface area contributed by atoms with Gasteiger partial charge in [-0.15, -0.1) is 0 Å². The Balaban J connectivity index is 1.82. The fourth-order valence-corrected chi connectivity index (χ4v) is 5.20. The molecule has 2 aromatic carbocycles. The lowest BCUT2D eigenvalue weighted by Crippen LogP contribution is -2.58.